The van der Waals surface area contributed by atoms with Crippen LogP contribution in [0.25, 0.3) is 0 Å². The van der Waals surface area contributed by atoms with E-state index in [1.54, 1.807) is 4.90 Å². The molecule has 1 aromatic rings. The van der Waals surface area contributed by atoms with Crippen LogP contribution in [0.1, 0.15) is 32.1 Å². The summed E-state index contributed by atoms with van der Waals surface area (Å²) in [5, 5.41) is 0. The molecule has 0 aromatic heterocycles. The molecule has 0 unspecified atom stereocenters. The van der Waals surface area contributed by atoms with Crippen molar-refractivity contribution in [2.45, 2.75) is 43.0 Å². The van der Waals surface area contributed by atoms with Crippen molar-refractivity contribution < 1.29 is 22.4 Å². The molecule has 0 bridgehead atoms. The SMILES string of the molecule is O=C([C@@H]1CC(=O)N(C2CCCC2)C1)N1CCN(S(=O)(=O)c2ccccc2F)CC1. The van der Waals surface area contributed by atoms with Gasteiger partial charge < -0.3 is 9.80 Å². The molecule has 0 radical (unpaired) electrons. The topological polar surface area (TPSA) is 78.0 Å². The van der Waals surface area contributed by atoms with Gasteiger partial charge in [0.2, 0.25) is 21.8 Å². The molecule has 2 heterocycles. The Morgan fingerprint density at radius 2 is 1.69 bits per heavy atom. The summed E-state index contributed by atoms with van der Waals surface area (Å²) in [6.07, 6.45) is 4.53. The summed E-state index contributed by atoms with van der Waals surface area (Å²) in [5.41, 5.74) is 0. The van der Waals surface area contributed by atoms with E-state index >= 15 is 0 Å². The summed E-state index contributed by atoms with van der Waals surface area (Å²) in [5.74, 6) is -1.15. The fourth-order valence-electron chi connectivity index (χ4n) is 4.67. The van der Waals surface area contributed by atoms with Crippen LogP contribution in [0.15, 0.2) is 29.2 Å². The molecule has 0 N–H and O–H groups in total. The summed E-state index contributed by atoms with van der Waals surface area (Å²) >= 11 is 0. The number of piperazine rings is 1. The fraction of sp³-hybridized carbons (Fsp3) is 0.600. The second-order valence-electron chi connectivity index (χ2n) is 8.05. The average Bonchev–Trinajstić information content (AvgIpc) is 3.37. The van der Waals surface area contributed by atoms with Crippen LogP contribution in [0.2, 0.25) is 0 Å². The zero-order chi connectivity index (χ0) is 20.6. The third-order valence-corrected chi connectivity index (χ3v) is 8.21. The largest absolute Gasteiger partial charge is 0.340 e. The molecule has 1 saturated carbocycles. The lowest BCUT2D eigenvalue weighted by atomic mass is 10.1. The standard InChI is InChI=1S/C20H26FN3O4S/c21-17-7-3-4-8-18(17)29(27,28)23-11-9-22(10-12-23)20(26)15-13-19(25)24(14-15)16-5-1-2-6-16/h3-4,7-8,15-16H,1-2,5-6,9-14H2/t15-/m1/s1. The van der Waals surface area contributed by atoms with Gasteiger partial charge in [0.15, 0.2) is 0 Å². The first-order valence-electron chi connectivity index (χ1n) is 10.2. The van der Waals surface area contributed by atoms with Crippen LogP contribution in [-0.4, -0.2) is 73.1 Å². The van der Waals surface area contributed by atoms with Crippen molar-refractivity contribution in [3.63, 3.8) is 0 Å². The maximum absolute atomic E-state index is 13.9. The average molecular weight is 424 g/mol. The van der Waals surface area contributed by atoms with Crippen LogP contribution in [-0.2, 0) is 19.6 Å². The summed E-state index contributed by atoms with van der Waals surface area (Å²) in [7, 11) is -3.93. The van der Waals surface area contributed by atoms with Gasteiger partial charge in [-0.3, -0.25) is 9.59 Å². The lowest BCUT2D eigenvalue weighted by Crippen LogP contribution is -2.52. The zero-order valence-electron chi connectivity index (χ0n) is 16.3. The van der Waals surface area contributed by atoms with Crippen LogP contribution in [0.5, 0.6) is 0 Å². The molecule has 9 heteroatoms. The van der Waals surface area contributed by atoms with Gasteiger partial charge in [0.25, 0.3) is 0 Å². The van der Waals surface area contributed by atoms with E-state index in [0.717, 1.165) is 31.7 Å². The maximum atomic E-state index is 13.9. The molecule has 1 aliphatic carbocycles. The van der Waals surface area contributed by atoms with Crippen molar-refractivity contribution in [2.24, 2.45) is 5.92 Å². The Balaban J connectivity index is 1.37. The number of halogens is 1. The molecule has 158 valence electrons. The number of benzene rings is 1. The first-order valence-corrected chi connectivity index (χ1v) is 11.6. The van der Waals surface area contributed by atoms with E-state index in [9.17, 15) is 22.4 Å². The molecular weight excluding hydrogens is 397 g/mol. The summed E-state index contributed by atoms with van der Waals surface area (Å²) < 4.78 is 40.6. The van der Waals surface area contributed by atoms with Gasteiger partial charge in [0.1, 0.15) is 10.7 Å². The minimum atomic E-state index is -3.93. The Hall–Kier alpha value is -2.00. The Morgan fingerprint density at radius 1 is 1.03 bits per heavy atom. The van der Waals surface area contributed by atoms with Crippen LogP contribution >= 0.6 is 0 Å². The first-order chi connectivity index (χ1) is 13.9. The van der Waals surface area contributed by atoms with Gasteiger partial charge in [-0.25, -0.2) is 12.8 Å². The quantitative estimate of drug-likeness (QED) is 0.734. The number of sulfonamides is 1. The predicted molar refractivity (Wildman–Crippen MR) is 104 cm³/mol. The van der Waals surface area contributed by atoms with Gasteiger partial charge in [0, 0.05) is 45.2 Å². The molecule has 1 atom stereocenters. The van der Waals surface area contributed by atoms with Gasteiger partial charge in [-0.05, 0) is 25.0 Å². The van der Waals surface area contributed by atoms with Crippen LogP contribution < -0.4 is 0 Å². The van der Waals surface area contributed by atoms with Gasteiger partial charge in [-0.15, -0.1) is 0 Å². The van der Waals surface area contributed by atoms with Crippen molar-refractivity contribution in [1.82, 2.24) is 14.1 Å². The molecule has 1 aromatic carbocycles. The molecule has 4 rings (SSSR count). The monoisotopic (exact) mass is 423 g/mol. The highest BCUT2D eigenvalue weighted by Gasteiger charge is 2.41. The third-order valence-electron chi connectivity index (χ3n) is 6.28. The van der Waals surface area contributed by atoms with Crippen molar-refractivity contribution in [1.29, 1.82) is 0 Å². The molecule has 2 aliphatic heterocycles. The molecule has 3 aliphatic rings. The number of hydrogen-bond acceptors (Lipinski definition) is 4. The van der Waals surface area contributed by atoms with E-state index in [1.807, 2.05) is 4.90 Å². The van der Waals surface area contributed by atoms with Crippen molar-refractivity contribution in [2.75, 3.05) is 32.7 Å². The van der Waals surface area contributed by atoms with E-state index in [-0.39, 0.29) is 61.3 Å². The van der Waals surface area contributed by atoms with E-state index in [0.29, 0.717) is 6.54 Å². The highest BCUT2D eigenvalue weighted by molar-refractivity contribution is 7.89. The lowest BCUT2D eigenvalue weighted by Gasteiger charge is -2.35. The maximum Gasteiger partial charge on any atom is 0.246 e. The van der Waals surface area contributed by atoms with Gasteiger partial charge in [-0.1, -0.05) is 25.0 Å². The lowest BCUT2D eigenvalue weighted by molar-refractivity contribution is -0.137. The van der Waals surface area contributed by atoms with Crippen LogP contribution in [0.4, 0.5) is 4.39 Å². The van der Waals surface area contributed by atoms with Crippen molar-refractivity contribution in [3.05, 3.63) is 30.1 Å². The summed E-state index contributed by atoms with van der Waals surface area (Å²) in [6, 6.07) is 5.58. The Morgan fingerprint density at radius 3 is 2.34 bits per heavy atom. The second kappa shape index (κ2) is 8.02. The molecule has 3 fully saturated rings. The van der Waals surface area contributed by atoms with E-state index in [1.165, 1.54) is 22.5 Å². The number of carbonyl (C=O) groups excluding carboxylic acids is 2. The van der Waals surface area contributed by atoms with Crippen LogP contribution in [0, 0.1) is 11.7 Å². The normalized spacial score (nSPS) is 24.4. The minimum Gasteiger partial charge on any atom is -0.340 e. The molecule has 2 saturated heterocycles. The zero-order valence-corrected chi connectivity index (χ0v) is 17.1. The molecule has 7 nitrogen and oxygen atoms in total. The van der Waals surface area contributed by atoms with Crippen molar-refractivity contribution in [3.8, 4) is 0 Å². The Labute approximate surface area is 170 Å². The smallest absolute Gasteiger partial charge is 0.246 e. The van der Waals surface area contributed by atoms with E-state index < -0.39 is 15.8 Å². The number of nitrogens with zero attached hydrogens (tertiary/aromatic N) is 3. The van der Waals surface area contributed by atoms with E-state index in [2.05, 4.69) is 0 Å². The molecule has 29 heavy (non-hydrogen) atoms. The summed E-state index contributed by atoms with van der Waals surface area (Å²) in [4.78, 5) is 28.4. The summed E-state index contributed by atoms with van der Waals surface area (Å²) in [6.45, 7) is 1.21. The Bertz CT molecular complexity index is 893. The first kappa shape index (κ1) is 20.3. The number of likely N-dealkylation sites (tertiary alicyclic amines) is 1. The highest BCUT2D eigenvalue weighted by Crippen LogP contribution is 2.30. The number of hydrogen-bond donors (Lipinski definition) is 0. The van der Waals surface area contributed by atoms with Gasteiger partial charge >= 0.3 is 0 Å². The predicted octanol–water partition coefficient (Wildman–Crippen LogP) is 1.45. The van der Waals surface area contributed by atoms with Gasteiger partial charge in [-0.2, -0.15) is 4.31 Å². The third kappa shape index (κ3) is 3.90. The number of carbonyl (C=O) groups is 2. The highest BCUT2D eigenvalue weighted by atomic mass is 32.2. The molecule has 2 amide bonds. The number of rotatable bonds is 4. The minimum absolute atomic E-state index is 0.0519. The second-order valence-corrected chi connectivity index (χ2v) is 9.95. The van der Waals surface area contributed by atoms with Gasteiger partial charge in [0.05, 0.1) is 5.92 Å². The van der Waals surface area contributed by atoms with E-state index in [4.69, 9.17) is 0 Å². The fourth-order valence-corrected chi connectivity index (χ4v) is 6.15. The Kier molecular flexibility index (Phi) is 5.61. The van der Waals surface area contributed by atoms with Crippen molar-refractivity contribution >= 4 is 21.8 Å². The number of amides is 2. The van der Waals surface area contributed by atoms with Crippen LogP contribution in [0.3, 0.4) is 0 Å². The molecular formula is C20H26FN3O4S. The molecule has 0 spiro atoms.